The van der Waals surface area contributed by atoms with Gasteiger partial charge in [-0.25, -0.2) is 4.79 Å². The number of rotatable bonds is 8. The molecule has 2 saturated heterocycles. The normalized spacial score (nSPS) is 17.5. The Labute approximate surface area is 262 Å². The minimum atomic E-state index is -4.56. The zero-order valence-corrected chi connectivity index (χ0v) is 25.8. The van der Waals surface area contributed by atoms with Gasteiger partial charge in [-0.2, -0.15) is 18.3 Å². The predicted molar refractivity (Wildman–Crippen MR) is 163 cm³/mol. The molecule has 2 aliphatic rings. The molecule has 0 bridgehead atoms. The van der Waals surface area contributed by atoms with Crippen LogP contribution in [-0.4, -0.2) is 63.1 Å². The number of benzene rings is 2. The summed E-state index contributed by atoms with van der Waals surface area (Å²) in [6.07, 6.45) is 0.573. The number of aromatic nitrogens is 2. The largest absolute Gasteiger partial charge is 0.449 e. The molecular weight excluding hydrogens is 617 g/mol. The van der Waals surface area contributed by atoms with Gasteiger partial charge in [0.1, 0.15) is 0 Å². The molecule has 2 aliphatic heterocycles. The van der Waals surface area contributed by atoms with Crippen LogP contribution in [0.5, 0.6) is 0 Å². The van der Waals surface area contributed by atoms with E-state index < -0.39 is 11.7 Å². The Morgan fingerprint density at radius 1 is 1.16 bits per heavy atom. The van der Waals surface area contributed by atoms with E-state index in [9.17, 15) is 27.6 Å². The van der Waals surface area contributed by atoms with Gasteiger partial charge in [0.15, 0.2) is 0 Å². The Hall–Kier alpha value is -3.51. The first kappa shape index (κ1) is 31.9. The summed E-state index contributed by atoms with van der Waals surface area (Å²) in [5.74, 6) is 0.213. The molecule has 1 aromatic heterocycles. The lowest BCUT2D eigenvalue weighted by Crippen LogP contribution is -2.40. The number of hydrogen-bond acceptors (Lipinski definition) is 6. The first-order valence-electron chi connectivity index (χ1n) is 14.4. The van der Waals surface area contributed by atoms with Gasteiger partial charge < -0.3 is 9.64 Å². The number of nitrogens with zero attached hydrogens (tertiary/aromatic N) is 4. The van der Waals surface area contributed by atoms with Crippen molar-refractivity contribution < 1.29 is 32.3 Å². The quantitative estimate of drug-likeness (QED) is 0.233. The third-order valence-corrected chi connectivity index (χ3v) is 8.85. The van der Waals surface area contributed by atoms with E-state index in [0.29, 0.717) is 60.0 Å². The molecular formula is C31H32ClF3N4O4S. The number of alkyl halides is 3. The number of halogens is 4. The lowest BCUT2D eigenvalue weighted by atomic mass is 9.93. The van der Waals surface area contributed by atoms with E-state index in [1.165, 1.54) is 21.7 Å². The number of imide groups is 1. The summed E-state index contributed by atoms with van der Waals surface area (Å²) in [5.41, 5.74) is 0.520. The second-order valence-corrected chi connectivity index (χ2v) is 12.9. The standard InChI is InChI=1S/C31H32ClF3N4O4S/c1-19(2)18-43-29(41)37-10-7-20(8-11-37)9-12-38-28(40)27(44-30(38)42)14-21-3-6-26-23(13-21)16-36-39(26)17-22-4-5-24(32)15-25(22)31(33,34)35/h3-6,13-16,19-20H,7-12,17-18H2,1-2H3. The number of ether oxygens (including phenoxy) is 1. The molecule has 0 saturated carbocycles. The summed E-state index contributed by atoms with van der Waals surface area (Å²) in [4.78, 5) is 41.3. The van der Waals surface area contributed by atoms with Crippen molar-refractivity contribution in [1.82, 2.24) is 19.6 Å². The first-order valence-corrected chi connectivity index (χ1v) is 15.6. The summed E-state index contributed by atoms with van der Waals surface area (Å²) in [6, 6.07) is 8.91. The molecule has 0 unspecified atom stereocenters. The Morgan fingerprint density at radius 3 is 2.61 bits per heavy atom. The van der Waals surface area contributed by atoms with Gasteiger partial charge in [0.25, 0.3) is 11.1 Å². The number of amides is 3. The lowest BCUT2D eigenvalue weighted by molar-refractivity contribution is -0.138. The van der Waals surface area contributed by atoms with E-state index in [1.54, 1.807) is 35.4 Å². The second kappa shape index (κ2) is 13.2. The summed E-state index contributed by atoms with van der Waals surface area (Å²) in [7, 11) is 0. The molecule has 0 atom stereocenters. The van der Waals surface area contributed by atoms with Crippen molar-refractivity contribution in [2.75, 3.05) is 26.2 Å². The van der Waals surface area contributed by atoms with E-state index in [-0.39, 0.29) is 40.3 Å². The summed E-state index contributed by atoms with van der Waals surface area (Å²) < 4.78 is 47.5. The van der Waals surface area contributed by atoms with Gasteiger partial charge in [-0.15, -0.1) is 0 Å². The maximum atomic E-state index is 13.6. The zero-order chi connectivity index (χ0) is 31.6. The minimum absolute atomic E-state index is 0.00177. The number of likely N-dealkylation sites (tertiary alicyclic amines) is 1. The van der Waals surface area contributed by atoms with Crippen LogP contribution in [-0.2, 0) is 22.3 Å². The number of thioether (sulfide) groups is 1. The average Bonchev–Trinajstić information content (AvgIpc) is 3.49. The Kier molecular flexibility index (Phi) is 9.59. The molecule has 8 nitrogen and oxygen atoms in total. The topological polar surface area (TPSA) is 84.7 Å². The zero-order valence-electron chi connectivity index (χ0n) is 24.3. The van der Waals surface area contributed by atoms with Gasteiger partial charge in [0.05, 0.1) is 35.3 Å². The molecule has 0 aliphatic carbocycles. The molecule has 3 aromatic rings. The van der Waals surface area contributed by atoms with Gasteiger partial charge in [-0.1, -0.05) is 37.6 Å². The van der Waals surface area contributed by atoms with Crippen LogP contribution in [0.15, 0.2) is 47.5 Å². The van der Waals surface area contributed by atoms with Crippen LogP contribution >= 0.6 is 23.4 Å². The van der Waals surface area contributed by atoms with Gasteiger partial charge in [-0.05, 0) is 84.3 Å². The van der Waals surface area contributed by atoms with Crippen molar-refractivity contribution in [1.29, 1.82) is 0 Å². The van der Waals surface area contributed by atoms with Crippen molar-refractivity contribution in [3.8, 4) is 0 Å². The maximum Gasteiger partial charge on any atom is 0.416 e. The summed E-state index contributed by atoms with van der Waals surface area (Å²) >= 11 is 6.69. The molecule has 2 fully saturated rings. The van der Waals surface area contributed by atoms with Gasteiger partial charge in [0, 0.05) is 30.0 Å². The Balaban J connectivity index is 1.20. The molecule has 3 amide bonds. The van der Waals surface area contributed by atoms with Crippen molar-refractivity contribution in [2.45, 2.75) is 45.8 Å². The Morgan fingerprint density at radius 2 is 1.91 bits per heavy atom. The van der Waals surface area contributed by atoms with E-state index in [1.807, 2.05) is 13.8 Å². The predicted octanol–water partition coefficient (Wildman–Crippen LogP) is 7.69. The first-order chi connectivity index (χ1) is 20.9. The number of carbonyl (C=O) groups excluding carboxylic acids is 3. The van der Waals surface area contributed by atoms with Crippen LogP contribution in [0.1, 0.15) is 49.8 Å². The van der Waals surface area contributed by atoms with Gasteiger partial charge in [-0.3, -0.25) is 19.2 Å². The fraction of sp³-hybridized carbons (Fsp3) is 0.419. The van der Waals surface area contributed by atoms with Crippen LogP contribution in [0.3, 0.4) is 0 Å². The number of carbonyl (C=O) groups is 3. The SMILES string of the molecule is CC(C)COC(=O)N1CCC(CCN2C(=O)SC(=Cc3ccc4c(cnn4Cc4ccc(Cl)cc4C(F)(F)F)c3)C2=O)CC1. The van der Waals surface area contributed by atoms with Crippen LogP contribution in [0.2, 0.25) is 5.02 Å². The van der Waals surface area contributed by atoms with E-state index >= 15 is 0 Å². The van der Waals surface area contributed by atoms with E-state index in [4.69, 9.17) is 16.3 Å². The number of hydrogen-bond donors (Lipinski definition) is 0. The van der Waals surface area contributed by atoms with Gasteiger partial charge in [0.2, 0.25) is 0 Å². The number of piperidine rings is 1. The highest BCUT2D eigenvalue weighted by Gasteiger charge is 2.36. The second-order valence-electron chi connectivity index (χ2n) is 11.4. The molecule has 3 heterocycles. The monoisotopic (exact) mass is 648 g/mol. The van der Waals surface area contributed by atoms with Crippen molar-refractivity contribution in [3.05, 3.63) is 69.2 Å². The number of fused-ring (bicyclic) bond motifs is 1. The molecule has 5 rings (SSSR count). The molecule has 2 aromatic carbocycles. The minimum Gasteiger partial charge on any atom is -0.449 e. The Bertz CT molecular complexity index is 1600. The van der Waals surface area contributed by atoms with Crippen LogP contribution in [0.4, 0.5) is 22.8 Å². The fourth-order valence-electron chi connectivity index (χ4n) is 5.32. The van der Waals surface area contributed by atoms with E-state index in [2.05, 4.69) is 5.10 Å². The molecule has 234 valence electrons. The third kappa shape index (κ3) is 7.40. The van der Waals surface area contributed by atoms with Crippen molar-refractivity contribution in [2.24, 2.45) is 11.8 Å². The average molecular weight is 649 g/mol. The highest BCUT2D eigenvalue weighted by Crippen LogP contribution is 2.36. The van der Waals surface area contributed by atoms with Crippen LogP contribution < -0.4 is 0 Å². The summed E-state index contributed by atoms with van der Waals surface area (Å²) in [5, 5.41) is 4.64. The molecule has 0 radical (unpaired) electrons. The van der Waals surface area contributed by atoms with Crippen molar-refractivity contribution in [3.63, 3.8) is 0 Å². The highest BCUT2D eigenvalue weighted by molar-refractivity contribution is 8.18. The molecule has 44 heavy (non-hydrogen) atoms. The van der Waals surface area contributed by atoms with Crippen molar-refractivity contribution >= 4 is 57.6 Å². The lowest BCUT2D eigenvalue weighted by Gasteiger charge is -2.32. The third-order valence-electron chi connectivity index (χ3n) is 7.71. The van der Waals surface area contributed by atoms with Gasteiger partial charge >= 0.3 is 12.3 Å². The fourth-order valence-corrected chi connectivity index (χ4v) is 6.36. The molecule has 13 heteroatoms. The van der Waals surface area contributed by atoms with Crippen LogP contribution in [0, 0.1) is 11.8 Å². The summed E-state index contributed by atoms with van der Waals surface area (Å²) in [6.45, 7) is 5.74. The maximum absolute atomic E-state index is 13.6. The molecule has 0 spiro atoms. The van der Waals surface area contributed by atoms with Crippen LogP contribution in [0.25, 0.3) is 17.0 Å². The van der Waals surface area contributed by atoms with E-state index in [0.717, 1.165) is 30.7 Å². The smallest absolute Gasteiger partial charge is 0.416 e. The molecule has 0 N–H and O–H groups in total. The highest BCUT2D eigenvalue weighted by atomic mass is 35.5.